The Morgan fingerprint density at radius 1 is 1.22 bits per heavy atom. The van der Waals surface area contributed by atoms with Gasteiger partial charge in [-0.1, -0.05) is 13.0 Å². The molecule has 0 aromatic heterocycles. The predicted molar refractivity (Wildman–Crippen MR) is 71.5 cm³/mol. The van der Waals surface area contributed by atoms with E-state index in [0.29, 0.717) is 19.1 Å². The third-order valence-electron chi connectivity index (χ3n) is 3.72. The van der Waals surface area contributed by atoms with Gasteiger partial charge in [0.1, 0.15) is 13.2 Å². The second kappa shape index (κ2) is 5.19. The van der Waals surface area contributed by atoms with Gasteiger partial charge in [0.05, 0.1) is 0 Å². The number of nitrogens with one attached hydrogen (secondary N) is 1. The van der Waals surface area contributed by atoms with Crippen LogP contribution in [0.5, 0.6) is 11.5 Å². The van der Waals surface area contributed by atoms with E-state index in [1.165, 1.54) is 24.8 Å². The molecule has 1 aliphatic heterocycles. The molecular weight excluding hydrogens is 226 g/mol. The van der Waals surface area contributed by atoms with Crippen LogP contribution in [0.15, 0.2) is 18.2 Å². The molecular formula is C15H21NO2. The average molecular weight is 247 g/mol. The summed E-state index contributed by atoms with van der Waals surface area (Å²) in [5.41, 5.74) is 1.34. The Morgan fingerprint density at radius 2 is 2.00 bits per heavy atom. The summed E-state index contributed by atoms with van der Waals surface area (Å²) in [5, 5.41) is 3.56. The summed E-state index contributed by atoms with van der Waals surface area (Å²) in [6.07, 6.45) is 3.90. The van der Waals surface area contributed by atoms with Crippen LogP contribution in [0.25, 0.3) is 0 Å². The monoisotopic (exact) mass is 247 g/mol. The lowest BCUT2D eigenvalue weighted by atomic mass is 9.97. The molecule has 1 fully saturated rings. The molecule has 1 unspecified atom stereocenters. The minimum absolute atomic E-state index is 0.562. The zero-order chi connectivity index (χ0) is 12.4. The van der Waals surface area contributed by atoms with Crippen molar-refractivity contribution >= 4 is 0 Å². The number of hydrogen-bond donors (Lipinski definition) is 1. The lowest BCUT2D eigenvalue weighted by Gasteiger charge is -2.20. The molecule has 2 aliphatic rings. The molecule has 18 heavy (non-hydrogen) atoms. The molecule has 1 N–H and O–H groups in total. The summed E-state index contributed by atoms with van der Waals surface area (Å²) in [4.78, 5) is 0. The summed E-state index contributed by atoms with van der Waals surface area (Å²) in [6.45, 7) is 4.71. The highest BCUT2D eigenvalue weighted by Crippen LogP contribution is 2.33. The molecule has 3 nitrogen and oxygen atoms in total. The third-order valence-corrected chi connectivity index (χ3v) is 3.72. The molecule has 1 aromatic rings. The second-order valence-electron chi connectivity index (χ2n) is 5.32. The van der Waals surface area contributed by atoms with Crippen LogP contribution < -0.4 is 14.8 Å². The number of rotatable bonds is 5. The molecule has 1 atom stereocenters. The lowest BCUT2D eigenvalue weighted by molar-refractivity contribution is 0.171. The molecule has 1 heterocycles. The SMILES string of the molecule is CC(CCNC1CC1)c1ccc2c(c1)OCCO2. The fourth-order valence-corrected chi connectivity index (χ4v) is 2.32. The number of fused-ring (bicyclic) bond motifs is 1. The Labute approximate surface area is 108 Å². The van der Waals surface area contributed by atoms with E-state index in [1.54, 1.807) is 0 Å². The predicted octanol–water partition coefficient (Wildman–Crippen LogP) is 2.70. The maximum atomic E-state index is 5.63. The first-order chi connectivity index (χ1) is 8.83. The van der Waals surface area contributed by atoms with E-state index in [9.17, 15) is 0 Å². The smallest absolute Gasteiger partial charge is 0.161 e. The van der Waals surface area contributed by atoms with Crippen LogP contribution in [0.3, 0.4) is 0 Å². The fraction of sp³-hybridized carbons (Fsp3) is 0.600. The molecule has 0 radical (unpaired) electrons. The molecule has 3 heteroatoms. The van der Waals surface area contributed by atoms with Gasteiger partial charge < -0.3 is 14.8 Å². The van der Waals surface area contributed by atoms with Crippen LogP contribution in [-0.4, -0.2) is 25.8 Å². The number of benzene rings is 1. The maximum Gasteiger partial charge on any atom is 0.161 e. The Bertz CT molecular complexity index is 415. The van der Waals surface area contributed by atoms with E-state index in [2.05, 4.69) is 24.4 Å². The van der Waals surface area contributed by atoms with Crippen LogP contribution in [0.4, 0.5) is 0 Å². The standard InChI is InChI=1S/C15H21NO2/c1-11(6-7-16-13-3-4-13)12-2-5-14-15(10-12)18-9-8-17-14/h2,5,10-11,13,16H,3-4,6-9H2,1H3. The van der Waals surface area contributed by atoms with E-state index < -0.39 is 0 Å². The van der Waals surface area contributed by atoms with Gasteiger partial charge in [-0.25, -0.2) is 0 Å². The Balaban J connectivity index is 1.59. The first-order valence-electron chi connectivity index (χ1n) is 6.96. The molecule has 0 spiro atoms. The van der Waals surface area contributed by atoms with Crippen LogP contribution in [0.1, 0.15) is 37.7 Å². The van der Waals surface area contributed by atoms with Crippen molar-refractivity contribution in [1.82, 2.24) is 5.32 Å². The summed E-state index contributed by atoms with van der Waals surface area (Å²) in [7, 11) is 0. The van der Waals surface area contributed by atoms with Crippen molar-refractivity contribution in [3.05, 3.63) is 23.8 Å². The molecule has 1 saturated carbocycles. The highest BCUT2D eigenvalue weighted by atomic mass is 16.6. The van der Waals surface area contributed by atoms with E-state index in [-0.39, 0.29) is 0 Å². The van der Waals surface area contributed by atoms with Crippen molar-refractivity contribution in [2.75, 3.05) is 19.8 Å². The first kappa shape index (κ1) is 11.8. The second-order valence-corrected chi connectivity index (χ2v) is 5.32. The highest BCUT2D eigenvalue weighted by molar-refractivity contribution is 5.44. The van der Waals surface area contributed by atoms with Crippen molar-refractivity contribution in [2.45, 2.75) is 38.1 Å². The van der Waals surface area contributed by atoms with Crippen LogP contribution in [0.2, 0.25) is 0 Å². The quantitative estimate of drug-likeness (QED) is 0.867. The largest absolute Gasteiger partial charge is 0.486 e. The van der Waals surface area contributed by atoms with Gasteiger partial charge in [-0.15, -0.1) is 0 Å². The van der Waals surface area contributed by atoms with Gasteiger partial charge in [-0.2, -0.15) is 0 Å². The third kappa shape index (κ3) is 2.78. The van der Waals surface area contributed by atoms with Crippen molar-refractivity contribution < 1.29 is 9.47 Å². The topological polar surface area (TPSA) is 30.5 Å². The zero-order valence-electron chi connectivity index (χ0n) is 10.9. The first-order valence-corrected chi connectivity index (χ1v) is 6.96. The van der Waals surface area contributed by atoms with Gasteiger partial charge in [-0.3, -0.25) is 0 Å². The number of ether oxygens (including phenoxy) is 2. The minimum Gasteiger partial charge on any atom is -0.486 e. The molecule has 1 aliphatic carbocycles. The van der Waals surface area contributed by atoms with Crippen molar-refractivity contribution in [3.63, 3.8) is 0 Å². The van der Waals surface area contributed by atoms with Crippen LogP contribution in [-0.2, 0) is 0 Å². The average Bonchev–Trinajstić information content (AvgIpc) is 3.22. The minimum atomic E-state index is 0.562. The van der Waals surface area contributed by atoms with Crippen LogP contribution in [0, 0.1) is 0 Å². The van der Waals surface area contributed by atoms with Gasteiger partial charge in [0, 0.05) is 6.04 Å². The van der Waals surface area contributed by atoms with E-state index in [4.69, 9.17) is 9.47 Å². The molecule has 0 saturated heterocycles. The van der Waals surface area contributed by atoms with Gasteiger partial charge in [0.15, 0.2) is 11.5 Å². The normalized spacial score (nSPS) is 19.6. The Morgan fingerprint density at radius 3 is 2.78 bits per heavy atom. The van der Waals surface area contributed by atoms with Gasteiger partial charge in [-0.05, 0) is 49.4 Å². The van der Waals surface area contributed by atoms with E-state index in [1.807, 2.05) is 6.07 Å². The molecule has 0 bridgehead atoms. The van der Waals surface area contributed by atoms with Crippen molar-refractivity contribution in [1.29, 1.82) is 0 Å². The summed E-state index contributed by atoms with van der Waals surface area (Å²) < 4.78 is 11.2. The van der Waals surface area contributed by atoms with Gasteiger partial charge >= 0.3 is 0 Å². The number of hydrogen-bond acceptors (Lipinski definition) is 3. The maximum absolute atomic E-state index is 5.63. The van der Waals surface area contributed by atoms with Gasteiger partial charge in [0.2, 0.25) is 0 Å². The summed E-state index contributed by atoms with van der Waals surface area (Å²) >= 11 is 0. The molecule has 1 aromatic carbocycles. The van der Waals surface area contributed by atoms with Gasteiger partial charge in [0.25, 0.3) is 0 Å². The molecule has 3 rings (SSSR count). The molecule has 98 valence electrons. The lowest BCUT2D eigenvalue weighted by Crippen LogP contribution is -2.19. The van der Waals surface area contributed by atoms with E-state index in [0.717, 1.165) is 24.1 Å². The van der Waals surface area contributed by atoms with E-state index >= 15 is 0 Å². The van der Waals surface area contributed by atoms with Crippen LogP contribution >= 0.6 is 0 Å². The summed E-state index contributed by atoms with van der Waals surface area (Å²) in [6, 6.07) is 7.14. The fourth-order valence-electron chi connectivity index (χ4n) is 2.32. The zero-order valence-corrected chi connectivity index (χ0v) is 10.9. The Hall–Kier alpha value is -1.22. The molecule has 0 amide bonds. The Kier molecular flexibility index (Phi) is 3.41. The highest BCUT2D eigenvalue weighted by Gasteiger charge is 2.20. The van der Waals surface area contributed by atoms with Crippen molar-refractivity contribution in [2.24, 2.45) is 0 Å². The summed E-state index contributed by atoms with van der Waals surface area (Å²) in [5.74, 6) is 2.35. The van der Waals surface area contributed by atoms with Crippen molar-refractivity contribution in [3.8, 4) is 11.5 Å².